The van der Waals surface area contributed by atoms with Gasteiger partial charge in [0.25, 0.3) is 0 Å². The van der Waals surface area contributed by atoms with Crippen LogP contribution >= 0.6 is 0 Å². The van der Waals surface area contributed by atoms with Crippen molar-refractivity contribution in [2.24, 2.45) is 5.92 Å². The first-order valence-corrected chi connectivity index (χ1v) is 3.97. The van der Waals surface area contributed by atoms with Crippen molar-refractivity contribution in [1.82, 2.24) is 0 Å². The van der Waals surface area contributed by atoms with Crippen LogP contribution in [-0.4, -0.2) is 23.3 Å². The van der Waals surface area contributed by atoms with Crippen molar-refractivity contribution in [3.63, 3.8) is 0 Å². The number of carbonyl (C=O) groups excluding carboxylic acids is 1. The van der Waals surface area contributed by atoms with Crippen LogP contribution in [0.1, 0.15) is 26.7 Å². The van der Waals surface area contributed by atoms with Crippen molar-refractivity contribution in [3.05, 3.63) is 0 Å². The minimum absolute atomic E-state index is 0.0536. The number of carbonyl (C=O) groups is 1. The second-order valence-electron chi connectivity index (χ2n) is 3.22. The zero-order valence-corrected chi connectivity index (χ0v) is 6.96. The highest BCUT2D eigenvalue weighted by atomic mass is 16.6. The molecular formula is C8H14O3. The predicted molar refractivity (Wildman–Crippen MR) is 40.0 cm³/mol. The molecule has 0 aromatic heterocycles. The summed E-state index contributed by atoms with van der Waals surface area (Å²) in [5, 5.41) is 8.97. The molecule has 0 unspecified atom stereocenters. The Morgan fingerprint density at radius 1 is 1.82 bits per heavy atom. The van der Waals surface area contributed by atoms with Gasteiger partial charge in [-0.1, -0.05) is 13.8 Å². The SMILES string of the molecule is CC[C@@]1(CO)C[C@@H](C)C(=O)O1. The summed E-state index contributed by atoms with van der Waals surface area (Å²) >= 11 is 0. The smallest absolute Gasteiger partial charge is 0.309 e. The number of cyclic esters (lactones) is 1. The third kappa shape index (κ3) is 1.38. The molecule has 3 nitrogen and oxygen atoms in total. The van der Waals surface area contributed by atoms with E-state index in [0.717, 1.165) is 0 Å². The maximum Gasteiger partial charge on any atom is 0.309 e. The molecular weight excluding hydrogens is 144 g/mol. The summed E-state index contributed by atoms with van der Waals surface area (Å²) in [7, 11) is 0. The zero-order valence-electron chi connectivity index (χ0n) is 6.96. The molecule has 1 N–H and O–H groups in total. The van der Waals surface area contributed by atoms with Crippen LogP contribution in [-0.2, 0) is 9.53 Å². The fourth-order valence-electron chi connectivity index (χ4n) is 1.42. The number of rotatable bonds is 2. The molecule has 3 heteroatoms. The summed E-state index contributed by atoms with van der Waals surface area (Å²) in [5.41, 5.74) is -0.573. The summed E-state index contributed by atoms with van der Waals surface area (Å²) in [6, 6.07) is 0. The lowest BCUT2D eigenvalue weighted by molar-refractivity contribution is -0.153. The van der Waals surface area contributed by atoms with E-state index in [9.17, 15) is 4.79 Å². The van der Waals surface area contributed by atoms with Gasteiger partial charge in [0, 0.05) is 6.42 Å². The van der Waals surface area contributed by atoms with Crippen molar-refractivity contribution >= 4 is 5.97 Å². The maximum absolute atomic E-state index is 11.0. The number of aliphatic hydroxyl groups is 1. The third-order valence-electron chi connectivity index (χ3n) is 2.33. The molecule has 2 atom stereocenters. The molecule has 0 aromatic carbocycles. The largest absolute Gasteiger partial charge is 0.456 e. The number of ether oxygens (including phenoxy) is 1. The monoisotopic (exact) mass is 158 g/mol. The van der Waals surface area contributed by atoms with Gasteiger partial charge in [-0.2, -0.15) is 0 Å². The molecule has 0 bridgehead atoms. The molecule has 0 amide bonds. The molecule has 1 saturated heterocycles. The Morgan fingerprint density at radius 2 is 2.45 bits per heavy atom. The van der Waals surface area contributed by atoms with Gasteiger partial charge in [0.05, 0.1) is 12.5 Å². The number of hydrogen-bond donors (Lipinski definition) is 1. The van der Waals surface area contributed by atoms with E-state index in [1.165, 1.54) is 0 Å². The van der Waals surface area contributed by atoms with Crippen LogP contribution in [0.5, 0.6) is 0 Å². The fourth-order valence-corrected chi connectivity index (χ4v) is 1.42. The molecule has 64 valence electrons. The van der Waals surface area contributed by atoms with Gasteiger partial charge in [0.15, 0.2) is 0 Å². The average Bonchev–Trinajstić information content (AvgIpc) is 2.29. The second kappa shape index (κ2) is 2.81. The zero-order chi connectivity index (χ0) is 8.48. The lowest BCUT2D eigenvalue weighted by Gasteiger charge is -2.22. The quantitative estimate of drug-likeness (QED) is 0.602. The Morgan fingerprint density at radius 3 is 2.64 bits per heavy atom. The van der Waals surface area contributed by atoms with Gasteiger partial charge in [-0.25, -0.2) is 0 Å². The minimum atomic E-state index is -0.573. The van der Waals surface area contributed by atoms with Gasteiger partial charge in [0.2, 0.25) is 0 Å². The molecule has 11 heavy (non-hydrogen) atoms. The summed E-state index contributed by atoms with van der Waals surface area (Å²) < 4.78 is 5.07. The van der Waals surface area contributed by atoms with Crippen LogP contribution in [0.25, 0.3) is 0 Å². The van der Waals surface area contributed by atoms with E-state index in [1.54, 1.807) is 0 Å². The normalized spacial score (nSPS) is 37.4. The van der Waals surface area contributed by atoms with E-state index < -0.39 is 5.60 Å². The number of hydrogen-bond acceptors (Lipinski definition) is 3. The number of esters is 1. The molecule has 1 fully saturated rings. The molecule has 1 aliphatic rings. The molecule has 0 saturated carbocycles. The second-order valence-corrected chi connectivity index (χ2v) is 3.22. The van der Waals surface area contributed by atoms with E-state index >= 15 is 0 Å². The van der Waals surface area contributed by atoms with E-state index in [-0.39, 0.29) is 18.5 Å². The molecule has 0 spiro atoms. The highest BCUT2D eigenvalue weighted by Gasteiger charge is 2.42. The van der Waals surface area contributed by atoms with Crippen LogP contribution in [0, 0.1) is 5.92 Å². The first-order chi connectivity index (χ1) is 5.13. The Balaban J connectivity index is 2.68. The summed E-state index contributed by atoms with van der Waals surface area (Å²) in [6.45, 7) is 3.69. The Hall–Kier alpha value is -0.570. The van der Waals surface area contributed by atoms with Crippen molar-refractivity contribution in [3.8, 4) is 0 Å². The van der Waals surface area contributed by atoms with E-state index in [4.69, 9.17) is 9.84 Å². The van der Waals surface area contributed by atoms with Crippen LogP contribution in [0.15, 0.2) is 0 Å². The third-order valence-corrected chi connectivity index (χ3v) is 2.33. The van der Waals surface area contributed by atoms with Gasteiger partial charge in [-0.3, -0.25) is 4.79 Å². The molecule has 1 heterocycles. The van der Waals surface area contributed by atoms with Gasteiger partial charge in [-0.15, -0.1) is 0 Å². The van der Waals surface area contributed by atoms with E-state index in [2.05, 4.69) is 0 Å². The van der Waals surface area contributed by atoms with E-state index in [0.29, 0.717) is 12.8 Å². The molecule has 1 rings (SSSR count). The summed E-state index contributed by atoms with van der Waals surface area (Å²) in [4.78, 5) is 11.0. The highest BCUT2D eigenvalue weighted by molar-refractivity contribution is 5.74. The van der Waals surface area contributed by atoms with Crippen LogP contribution in [0.4, 0.5) is 0 Å². The Labute approximate surface area is 66.4 Å². The topological polar surface area (TPSA) is 46.5 Å². The van der Waals surface area contributed by atoms with Gasteiger partial charge >= 0.3 is 5.97 Å². The predicted octanol–water partition coefficient (Wildman–Crippen LogP) is 0.710. The maximum atomic E-state index is 11.0. The highest BCUT2D eigenvalue weighted by Crippen LogP contribution is 2.32. The molecule has 0 aromatic rings. The van der Waals surface area contributed by atoms with Gasteiger partial charge in [0.1, 0.15) is 5.60 Å². The van der Waals surface area contributed by atoms with E-state index in [1.807, 2.05) is 13.8 Å². The van der Waals surface area contributed by atoms with Crippen LogP contribution in [0.2, 0.25) is 0 Å². The fraction of sp³-hybridized carbons (Fsp3) is 0.875. The Bertz CT molecular complexity index is 161. The summed E-state index contributed by atoms with van der Waals surface area (Å²) in [6.07, 6.45) is 1.35. The van der Waals surface area contributed by atoms with Gasteiger partial charge in [-0.05, 0) is 6.42 Å². The lowest BCUT2D eigenvalue weighted by Crippen LogP contribution is -2.31. The van der Waals surface area contributed by atoms with Crippen molar-refractivity contribution in [2.75, 3.05) is 6.61 Å². The van der Waals surface area contributed by atoms with Crippen molar-refractivity contribution in [2.45, 2.75) is 32.3 Å². The average molecular weight is 158 g/mol. The molecule has 0 radical (unpaired) electrons. The lowest BCUT2D eigenvalue weighted by atomic mass is 9.93. The van der Waals surface area contributed by atoms with Crippen LogP contribution < -0.4 is 0 Å². The Kier molecular flexibility index (Phi) is 2.18. The first kappa shape index (κ1) is 8.53. The molecule has 0 aliphatic carbocycles. The van der Waals surface area contributed by atoms with Crippen molar-refractivity contribution in [1.29, 1.82) is 0 Å². The standard InChI is InChI=1S/C8H14O3/c1-3-8(5-9)4-6(2)7(10)11-8/h6,9H,3-5H2,1-2H3/t6-,8+/m1/s1. The van der Waals surface area contributed by atoms with Crippen LogP contribution in [0.3, 0.4) is 0 Å². The molecule has 1 aliphatic heterocycles. The van der Waals surface area contributed by atoms with Crippen molar-refractivity contribution < 1.29 is 14.6 Å². The summed E-state index contributed by atoms with van der Waals surface area (Å²) in [5.74, 6) is -0.233. The minimum Gasteiger partial charge on any atom is -0.456 e. The van der Waals surface area contributed by atoms with Gasteiger partial charge < -0.3 is 9.84 Å². The first-order valence-electron chi connectivity index (χ1n) is 3.97. The number of aliphatic hydroxyl groups excluding tert-OH is 1.